The van der Waals surface area contributed by atoms with E-state index in [1.807, 2.05) is 61.5 Å². The van der Waals surface area contributed by atoms with E-state index < -0.39 is 0 Å². The van der Waals surface area contributed by atoms with Crippen LogP contribution < -0.4 is 20.3 Å². The smallest absolute Gasteiger partial charge is 0.331 e. The minimum absolute atomic E-state index is 0.0105. The summed E-state index contributed by atoms with van der Waals surface area (Å²) in [6.45, 7) is 3.48. The number of ketones is 1. The average Bonchev–Trinajstić information content (AvgIpc) is 3.30. The van der Waals surface area contributed by atoms with Gasteiger partial charge >= 0.3 is 6.03 Å². The summed E-state index contributed by atoms with van der Waals surface area (Å²) in [5.41, 5.74) is 2.86. The number of hydrogen-bond donors (Lipinski definition) is 2. The molecule has 2 aromatic heterocycles. The van der Waals surface area contributed by atoms with Gasteiger partial charge in [0.2, 0.25) is 5.91 Å². The Bertz CT molecular complexity index is 1610. The van der Waals surface area contributed by atoms with Crippen molar-refractivity contribution in [2.75, 3.05) is 10.2 Å². The quantitative estimate of drug-likeness (QED) is 0.233. The van der Waals surface area contributed by atoms with Crippen LogP contribution in [0.1, 0.15) is 54.3 Å². The van der Waals surface area contributed by atoms with Gasteiger partial charge in [0.25, 0.3) is 0 Å². The van der Waals surface area contributed by atoms with Crippen LogP contribution in [-0.2, 0) is 4.79 Å². The van der Waals surface area contributed by atoms with Crippen LogP contribution in [0.2, 0.25) is 0 Å². The molecule has 40 heavy (non-hydrogen) atoms. The van der Waals surface area contributed by atoms with Gasteiger partial charge in [-0.15, -0.1) is 11.3 Å². The molecule has 2 aromatic carbocycles. The lowest BCUT2D eigenvalue weighted by Crippen LogP contribution is -2.36. The Morgan fingerprint density at radius 1 is 1.05 bits per heavy atom. The Morgan fingerprint density at radius 3 is 2.55 bits per heavy atom. The van der Waals surface area contributed by atoms with E-state index in [1.54, 1.807) is 11.1 Å². The first-order chi connectivity index (χ1) is 19.4. The zero-order chi connectivity index (χ0) is 27.8. The van der Waals surface area contributed by atoms with E-state index in [1.165, 1.54) is 18.3 Å². The van der Waals surface area contributed by atoms with Gasteiger partial charge in [-0.25, -0.2) is 9.78 Å². The maximum absolute atomic E-state index is 13.5. The van der Waals surface area contributed by atoms with Crippen LogP contribution in [-0.4, -0.2) is 28.7 Å². The molecule has 1 aliphatic heterocycles. The number of pyridine rings is 1. The molecule has 1 saturated carbocycles. The van der Waals surface area contributed by atoms with Gasteiger partial charge in [-0.1, -0.05) is 18.2 Å². The lowest BCUT2D eigenvalue weighted by Gasteiger charge is -2.30. The van der Waals surface area contributed by atoms with Crippen LogP contribution in [0.15, 0.2) is 60.8 Å². The number of Topliss-reactive ketones (excluding diaryl/α,β-unsaturated/α-hetero) is 1. The third-order valence-corrected chi connectivity index (χ3v) is 8.75. The van der Waals surface area contributed by atoms with E-state index in [0.29, 0.717) is 28.4 Å². The number of carbonyl (C=O) groups excluding carboxylic acids is 3. The Kier molecular flexibility index (Phi) is 6.98. The number of aromatic nitrogens is 1. The van der Waals surface area contributed by atoms with E-state index >= 15 is 0 Å². The molecule has 0 unspecified atom stereocenters. The molecule has 3 amide bonds. The van der Waals surface area contributed by atoms with Crippen molar-refractivity contribution in [1.82, 2.24) is 10.3 Å². The van der Waals surface area contributed by atoms with Crippen LogP contribution in [0.25, 0.3) is 10.2 Å². The highest BCUT2D eigenvalue weighted by atomic mass is 32.1. The summed E-state index contributed by atoms with van der Waals surface area (Å²) in [5.74, 6) is 1.70. The Labute approximate surface area is 236 Å². The molecule has 0 saturated heterocycles. The highest BCUT2D eigenvalue weighted by molar-refractivity contribution is 7.21. The number of hydrogen-bond acceptors (Lipinski definition) is 6. The monoisotopic (exact) mass is 554 g/mol. The second-order valence-electron chi connectivity index (χ2n) is 10.5. The predicted molar refractivity (Wildman–Crippen MR) is 157 cm³/mol. The van der Waals surface area contributed by atoms with Gasteiger partial charge in [-0.3, -0.25) is 14.5 Å². The van der Waals surface area contributed by atoms with Crippen molar-refractivity contribution in [3.63, 3.8) is 0 Å². The number of carbonyl (C=O) groups is 3. The fraction of sp³-hybridized carbons (Fsp3) is 0.290. The second-order valence-corrected chi connectivity index (χ2v) is 11.5. The molecule has 0 spiro atoms. The van der Waals surface area contributed by atoms with Crippen molar-refractivity contribution in [2.24, 2.45) is 5.92 Å². The topological polar surface area (TPSA) is 101 Å². The summed E-state index contributed by atoms with van der Waals surface area (Å²) in [4.78, 5) is 45.8. The number of urea groups is 1. The van der Waals surface area contributed by atoms with Crippen molar-refractivity contribution < 1.29 is 19.1 Å². The van der Waals surface area contributed by atoms with Crippen LogP contribution >= 0.6 is 11.3 Å². The van der Waals surface area contributed by atoms with Gasteiger partial charge in [0.1, 0.15) is 16.3 Å². The van der Waals surface area contributed by atoms with Crippen molar-refractivity contribution in [2.45, 2.75) is 52.0 Å². The Morgan fingerprint density at radius 2 is 1.82 bits per heavy atom. The highest BCUT2D eigenvalue weighted by Gasteiger charge is 2.34. The molecule has 3 heterocycles. The first kappa shape index (κ1) is 26.0. The molecule has 1 aliphatic carbocycles. The van der Waals surface area contributed by atoms with E-state index in [9.17, 15) is 14.4 Å². The zero-order valence-corrected chi connectivity index (χ0v) is 23.2. The lowest BCUT2D eigenvalue weighted by atomic mass is 9.83. The predicted octanol–water partition coefficient (Wildman–Crippen LogP) is 7.35. The van der Waals surface area contributed by atoms with Crippen molar-refractivity contribution in [3.8, 4) is 11.5 Å². The van der Waals surface area contributed by atoms with Gasteiger partial charge in [0, 0.05) is 25.6 Å². The number of rotatable bonds is 7. The van der Waals surface area contributed by atoms with Crippen molar-refractivity contribution >= 4 is 56.3 Å². The van der Waals surface area contributed by atoms with E-state index in [0.717, 1.165) is 52.9 Å². The molecule has 1 fully saturated rings. The summed E-state index contributed by atoms with van der Waals surface area (Å²) < 4.78 is 5.97. The minimum atomic E-state index is -0.317. The maximum Gasteiger partial charge on any atom is 0.331 e. The minimum Gasteiger partial charge on any atom is -0.457 e. The molecule has 4 aromatic rings. The van der Waals surface area contributed by atoms with Gasteiger partial charge in [0.15, 0.2) is 5.78 Å². The van der Waals surface area contributed by atoms with Crippen LogP contribution in [0, 0.1) is 12.8 Å². The van der Waals surface area contributed by atoms with E-state index in [2.05, 4.69) is 15.6 Å². The Balaban J connectivity index is 1.25. The molecule has 204 valence electrons. The fourth-order valence-corrected chi connectivity index (χ4v) is 6.81. The number of thiophene rings is 1. The summed E-state index contributed by atoms with van der Waals surface area (Å²) >= 11 is 1.34. The molecule has 9 heteroatoms. The number of benzene rings is 2. The Hall–Kier alpha value is -4.24. The molecule has 0 radical (unpaired) electrons. The number of amides is 3. The van der Waals surface area contributed by atoms with Gasteiger partial charge in [-0.2, -0.15) is 0 Å². The van der Waals surface area contributed by atoms with Gasteiger partial charge in [0.05, 0.1) is 27.3 Å². The third-order valence-electron chi connectivity index (χ3n) is 7.62. The summed E-state index contributed by atoms with van der Waals surface area (Å²) in [7, 11) is 0. The number of anilines is 3. The number of nitrogens with zero attached hydrogens (tertiary/aromatic N) is 2. The summed E-state index contributed by atoms with van der Waals surface area (Å²) in [6, 6.07) is 16.9. The highest BCUT2D eigenvalue weighted by Crippen LogP contribution is 2.47. The first-order valence-corrected chi connectivity index (χ1v) is 14.4. The second kappa shape index (κ2) is 10.7. The average molecular weight is 555 g/mol. The standard InChI is InChI=1S/C31H30N4O4S/c1-18-16-23(39-22-6-4-3-5-7-22)12-13-24(18)35-25-14-15-32-30-27(25)28(34-31(35)38)29(40-30)26(37)17-20-8-10-21(11-9-20)33-19(2)36/h3-7,12-16,20-21H,8-11,17H2,1-2H3,(H,33,36)(H,34,38)/t20-,21+. The third kappa shape index (κ3) is 5.04. The molecule has 8 nitrogen and oxygen atoms in total. The number of aryl methyl sites for hydroxylation is 1. The molecule has 0 atom stereocenters. The SMILES string of the molecule is CC(=O)N[C@H]1CC[C@@H](CC(=O)c2sc3nccc4c3c2NC(=O)N4c2ccc(Oc3ccccc3)cc2C)CC1. The van der Waals surface area contributed by atoms with E-state index in [4.69, 9.17) is 4.74 Å². The van der Waals surface area contributed by atoms with Crippen molar-refractivity contribution in [3.05, 3.63) is 71.2 Å². The van der Waals surface area contributed by atoms with Crippen LogP contribution in [0.4, 0.5) is 21.9 Å². The van der Waals surface area contributed by atoms with Crippen molar-refractivity contribution in [1.29, 1.82) is 0 Å². The van der Waals surface area contributed by atoms with Crippen LogP contribution in [0.3, 0.4) is 0 Å². The first-order valence-electron chi connectivity index (χ1n) is 13.5. The number of nitrogens with one attached hydrogen (secondary N) is 2. The number of para-hydroxylation sites is 1. The zero-order valence-electron chi connectivity index (χ0n) is 22.4. The summed E-state index contributed by atoms with van der Waals surface area (Å²) in [5, 5.41) is 6.78. The molecule has 6 rings (SSSR count). The normalized spacial score (nSPS) is 18.4. The molecular weight excluding hydrogens is 524 g/mol. The molecular formula is C31H30N4O4S. The fourth-order valence-electron chi connectivity index (χ4n) is 5.74. The van der Waals surface area contributed by atoms with Gasteiger partial charge < -0.3 is 15.4 Å². The van der Waals surface area contributed by atoms with Gasteiger partial charge in [-0.05, 0) is 80.5 Å². The molecule has 2 N–H and O–H groups in total. The number of ether oxygens (including phenoxy) is 1. The summed E-state index contributed by atoms with van der Waals surface area (Å²) in [6.07, 6.45) is 5.64. The molecule has 0 bridgehead atoms. The molecule has 2 aliphatic rings. The lowest BCUT2D eigenvalue weighted by molar-refractivity contribution is -0.119. The largest absolute Gasteiger partial charge is 0.457 e. The van der Waals surface area contributed by atoms with E-state index in [-0.39, 0.29) is 29.7 Å². The van der Waals surface area contributed by atoms with Crippen LogP contribution in [0.5, 0.6) is 11.5 Å². The maximum atomic E-state index is 13.5.